The zero-order chi connectivity index (χ0) is 28.1. The van der Waals surface area contributed by atoms with E-state index in [0.717, 1.165) is 62.7 Å². The summed E-state index contributed by atoms with van der Waals surface area (Å²) in [5, 5.41) is 11.0. The Morgan fingerprint density at radius 3 is 2.33 bits per heavy atom. The Balaban J connectivity index is 1.11. The molecule has 0 radical (unpaired) electrons. The summed E-state index contributed by atoms with van der Waals surface area (Å²) in [5.74, 6) is -0.843. The van der Waals surface area contributed by atoms with Gasteiger partial charge in [-0.1, -0.05) is 23.2 Å². The number of carboxylic acid groups (broad SMARTS) is 1. The summed E-state index contributed by atoms with van der Waals surface area (Å²) in [6.45, 7) is 4.49. The molecule has 1 N–H and O–H groups in total. The minimum atomic E-state index is -1.01. The Morgan fingerprint density at radius 1 is 1.02 bits per heavy atom. The first kappa shape index (κ1) is 27.8. The third kappa shape index (κ3) is 5.45. The molecule has 1 amide bonds. The van der Waals surface area contributed by atoms with E-state index in [1.54, 1.807) is 12.1 Å². The number of rotatable bonds is 8. The molecule has 0 aromatic heterocycles. The van der Waals surface area contributed by atoms with Crippen molar-refractivity contribution in [1.82, 2.24) is 9.80 Å². The topological polar surface area (TPSA) is 70.1 Å². The Morgan fingerprint density at radius 2 is 1.73 bits per heavy atom. The molecule has 4 atom stereocenters. The van der Waals surface area contributed by atoms with E-state index in [1.807, 2.05) is 12.1 Å². The van der Waals surface area contributed by atoms with Crippen LogP contribution >= 0.6 is 23.2 Å². The van der Waals surface area contributed by atoms with Crippen LogP contribution < -0.4 is 4.74 Å². The molecule has 2 saturated carbocycles. The van der Waals surface area contributed by atoms with Gasteiger partial charge in [-0.15, -0.1) is 0 Å². The number of hydrogen-bond donors (Lipinski definition) is 1. The van der Waals surface area contributed by atoms with Crippen LogP contribution in [0.15, 0.2) is 30.3 Å². The number of halogens is 3. The molecular weight excluding hydrogens is 554 g/mol. The van der Waals surface area contributed by atoms with Crippen LogP contribution in [0.5, 0.6) is 5.75 Å². The van der Waals surface area contributed by atoms with E-state index in [9.17, 15) is 14.7 Å². The number of benzene rings is 2. The Bertz CT molecular complexity index is 1290. The fraction of sp³-hybridized carbons (Fsp3) is 0.548. The van der Waals surface area contributed by atoms with Crippen LogP contribution in [0.3, 0.4) is 0 Å². The first-order valence-electron chi connectivity index (χ1n) is 14.4. The highest BCUT2D eigenvalue weighted by atomic mass is 35.5. The van der Waals surface area contributed by atoms with Crippen LogP contribution in [0.1, 0.15) is 85.3 Å². The standard InChI is InChI=1S/C31H35Cl2FN2O4/c1-17(21-10-22(32)13-23(33)11-21)35-8-6-18(7-9-35)16-40-29-15-26(34)25(14-24(29)19-2-3-19)30(37)36-27-5-4-20(27)12-28(36)31(38)39/h10-11,13-15,17-20,27-28H,2-9,12,16H2,1H3,(H,38,39)/t17-,20+,27+,28-/m0/s1. The minimum absolute atomic E-state index is 0.0311. The average molecular weight is 590 g/mol. The lowest BCUT2D eigenvalue weighted by atomic mass is 9.80. The number of likely N-dealkylation sites (tertiary alicyclic amines) is 2. The molecule has 0 bridgehead atoms. The summed E-state index contributed by atoms with van der Waals surface area (Å²) < 4.78 is 21.6. The quantitative estimate of drug-likeness (QED) is 0.361. The highest BCUT2D eigenvalue weighted by molar-refractivity contribution is 6.34. The number of carboxylic acids is 1. The summed E-state index contributed by atoms with van der Waals surface area (Å²) >= 11 is 12.4. The molecule has 4 fully saturated rings. The van der Waals surface area contributed by atoms with E-state index in [4.69, 9.17) is 27.9 Å². The lowest BCUT2D eigenvalue weighted by molar-refractivity contribution is -0.141. The van der Waals surface area contributed by atoms with Gasteiger partial charge in [0.2, 0.25) is 0 Å². The van der Waals surface area contributed by atoms with E-state index < -0.39 is 23.7 Å². The Labute approximate surface area is 244 Å². The summed E-state index contributed by atoms with van der Waals surface area (Å²) in [4.78, 5) is 29.2. The van der Waals surface area contributed by atoms with Gasteiger partial charge in [0.05, 0.1) is 12.2 Å². The van der Waals surface area contributed by atoms with Crippen molar-refractivity contribution in [3.63, 3.8) is 0 Å². The van der Waals surface area contributed by atoms with Gasteiger partial charge in [-0.2, -0.15) is 0 Å². The number of nitrogens with zero attached hydrogens (tertiary/aromatic N) is 2. The van der Waals surface area contributed by atoms with Crippen LogP contribution in [0.4, 0.5) is 4.39 Å². The summed E-state index contributed by atoms with van der Waals surface area (Å²) in [6.07, 6.45) is 6.04. The molecule has 9 heteroatoms. The van der Waals surface area contributed by atoms with Crippen LogP contribution in [0, 0.1) is 17.7 Å². The van der Waals surface area contributed by atoms with Gasteiger partial charge in [0.25, 0.3) is 5.91 Å². The number of carbonyl (C=O) groups is 2. The molecule has 0 spiro atoms. The summed E-state index contributed by atoms with van der Waals surface area (Å²) in [6, 6.07) is 7.88. The lowest BCUT2D eigenvalue weighted by Crippen LogP contribution is -2.48. The second kappa shape index (κ2) is 11.1. The third-order valence-corrected chi connectivity index (χ3v) is 9.94. The van der Waals surface area contributed by atoms with Gasteiger partial charge in [0, 0.05) is 28.2 Å². The first-order chi connectivity index (χ1) is 19.2. The van der Waals surface area contributed by atoms with Gasteiger partial charge < -0.3 is 14.7 Å². The maximum Gasteiger partial charge on any atom is 0.326 e. The fourth-order valence-corrected chi connectivity index (χ4v) is 7.33. The number of piperidine rings is 1. The number of aliphatic carboxylic acids is 1. The molecule has 2 aromatic carbocycles. The molecule has 40 heavy (non-hydrogen) atoms. The maximum absolute atomic E-state index is 15.4. The lowest BCUT2D eigenvalue weighted by Gasteiger charge is -2.37. The van der Waals surface area contributed by atoms with Crippen molar-refractivity contribution in [3.05, 3.63) is 62.9 Å². The van der Waals surface area contributed by atoms with Crippen molar-refractivity contribution in [1.29, 1.82) is 0 Å². The highest BCUT2D eigenvalue weighted by Crippen LogP contribution is 2.47. The van der Waals surface area contributed by atoms with E-state index >= 15 is 4.39 Å². The number of ether oxygens (including phenoxy) is 1. The number of fused-ring (bicyclic) bond motifs is 1. The van der Waals surface area contributed by atoms with E-state index in [2.05, 4.69) is 11.8 Å². The summed E-state index contributed by atoms with van der Waals surface area (Å²) in [7, 11) is 0. The monoisotopic (exact) mass is 588 g/mol. The van der Waals surface area contributed by atoms with E-state index in [-0.39, 0.29) is 29.5 Å². The SMILES string of the molecule is C[C@@H](c1cc(Cl)cc(Cl)c1)N1CCC(COc2cc(F)c(C(=O)N3[C@@H]4CC[C@@H]4C[C@H]3C(=O)O)cc2C2CC2)CC1. The molecule has 0 unspecified atom stereocenters. The van der Waals surface area contributed by atoms with Crippen molar-refractivity contribution >= 4 is 35.1 Å². The van der Waals surface area contributed by atoms with E-state index in [0.29, 0.717) is 34.7 Å². The maximum atomic E-state index is 15.4. The van der Waals surface area contributed by atoms with Gasteiger partial charge in [-0.25, -0.2) is 9.18 Å². The smallest absolute Gasteiger partial charge is 0.326 e. The minimum Gasteiger partial charge on any atom is -0.493 e. The van der Waals surface area contributed by atoms with Gasteiger partial charge in [-0.05, 0) is 118 Å². The predicted octanol–water partition coefficient (Wildman–Crippen LogP) is 6.94. The zero-order valence-electron chi connectivity index (χ0n) is 22.6. The van der Waals surface area contributed by atoms with Crippen LogP contribution in [-0.2, 0) is 4.79 Å². The van der Waals surface area contributed by atoms with E-state index in [1.165, 1.54) is 11.0 Å². The van der Waals surface area contributed by atoms with Gasteiger partial charge in [-0.3, -0.25) is 9.69 Å². The molecule has 6 nitrogen and oxygen atoms in total. The molecule has 4 aliphatic rings. The number of hydrogen-bond acceptors (Lipinski definition) is 4. The van der Waals surface area contributed by atoms with Crippen LogP contribution in [-0.4, -0.2) is 58.6 Å². The molecular formula is C31H35Cl2FN2O4. The molecule has 214 valence electrons. The second-order valence-corrected chi connectivity index (χ2v) is 12.9. The third-order valence-electron chi connectivity index (χ3n) is 9.50. The molecule has 2 heterocycles. The molecule has 6 rings (SSSR count). The van der Waals surface area contributed by atoms with Crippen molar-refractivity contribution in [2.24, 2.45) is 11.8 Å². The normalized spacial score (nSPS) is 25.8. The van der Waals surface area contributed by atoms with Gasteiger partial charge >= 0.3 is 5.97 Å². The van der Waals surface area contributed by atoms with Crippen LogP contribution in [0.2, 0.25) is 10.0 Å². The molecule has 2 aromatic rings. The van der Waals surface area contributed by atoms with Gasteiger partial charge in [0.1, 0.15) is 17.6 Å². The molecule has 2 saturated heterocycles. The molecule has 2 aliphatic heterocycles. The first-order valence-corrected chi connectivity index (χ1v) is 15.2. The van der Waals surface area contributed by atoms with Crippen molar-refractivity contribution < 1.29 is 23.8 Å². The Kier molecular flexibility index (Phi) is 7.75. The van der Waals surface area contributed by atoms with Crippen molar-refractivity contribution in [2.45, 2.75) is 75.9 Å². The fourth-order valence-electron chi connectivity index (χ4n) is 6.79. The highest BCUT2D eigenvalue weighted by Gasteiger charge is 2.51. The predicted molar refractivity (Wildman–Crippen MR) is 152 cm³/mol. The van der Waals surface area contributed by atoms with Crippen molar-refractivity contribution in [3.8, 4) is 5.75 Å². The number of amides is 1. The largest absolute Gasteiger partial charge is 0.493 e. The molecule has 2 aliphatic carbocycles. The summed E-state index contributed by atoms with van der Waals surface area (Å²) in [5.41, 5.74) is 1.93. The Hall–Kier alpha value is -2.35. The average Bonchev–Trinajstić information content (AvgIpc) is 3.71. The van der Waals surface area contributed by atoms with Crippen molar-refractivity contribution in [2.75, 3.05) is 19.7 Å². The second-order valence-electron chi connectivity index (χ2n) is 12.0. The number of carbonyl (C=O) groups excluding carboxylic acids is 1. The van der Waals surface area contributed by atoms with Gasteiger partial charge in [0.15, 0.2) is 0 Å². The zero-order valence-corrected chi connectivity index (χ0v) is 24.1. The van der Waals surface area contributed by atoms with Crippen LogP contribution in [0.25, 0.3) is 0 Å².